The lowest BCUT2D eigenvalue weighted by Crippen LogP contribution is -2.37. The number of halogens is 3. The van der Waals surface area contributed by atoms with Crippen molar-refractivity contribution in [2.24, 2.45) is 5.73 Å². The minimum Gasteiger partial charge on any atom is -0.480 e. The van der Waals surface area contributed by atoms with E-state index in [1.54, 1.807) is 0 Å². The second-order valence-corrected chi connectivity index (χ2v) is 1.70. The quantitative estimate of drug-likeness (QED) is 0.626. The van der Waals surface area contributed by atoms with E-state index >= 15 is 0 Å². The summed E-state index contributed by atoms with van der Waals surface area (Å²) in [6.45, 7) is -1.07. The standard InChI is InChI=1S/C4H6F3NO3/c5-4(6,7)11-1-2(8)3(9)10/h2H,1,8H2,(H,9,10). The van der Waals surface area contributed by atoms with Gasteiger partial charge in [0.25, 0.3) is 0 Å². The Morgan fingerprint density at radius 3 is 2.36 bits per heavy atom. The first-order valence-corrected chi connectivity index (χ1v) is 2.52. The molecule has 0 saturated carbocycles. The van der Waals surface area contributed by atoms with Crippen molar-refractivity contribution < 1.29 is 27.8 Å². The van der Waals surface area contributed by atoms with E-state index in [2.05, 4.69) is 4.74 Å². The van der Waals surface area contributed by atoms with Gasteiger partial charge in [-0.25, -0.2) is 0 Å². The van der Waals surface area contributed by atoms with Gasteiger partial charge in [-0.15, -0.1) is 13.2 Å². The molecule has 1 unspecified atom stereocenters. The molecule has 4 nitrogen and oxygen atoms in total. The highest BCUT2D eigenvalue weighted by molar-refractivity contribution is 5.73. The fourth-order valence-electron chi connectivity index (χ4n) is 0.256. The summed E-state index contributed by atoms with van der Waals surface area (Å²) in [5.41, 5.74) is 4.70. The zero-order valence-electron chi connectivity index (χ0n) is 5.26. The first-order valence-electron chi connectivity index (χ1n) is 2.52. The minimum atomic E-state index is -4.83. The molecule has 0 aliphatic carbocycles. The van der Waals surface area contributed by atoms with Crippen molar-refractivity contribution in [3.8, 4) is 0 Å². The van der Waals surface area contributed by atoms with Gasteiger partial charge in [-0.2, -0.15) is 0 Å². The molecule has 0 rings (SSSR count). The van der Waals surface area contributed by atoms with Crippen LogP contribution in [0, 0.1) is 0 Å². The Labute approximate surface area is 59.7 Å². The predicted molar refractivity (Wildman–Crippen MR) is 27.6 cm³/mol. The molecule has 0 saturated heterocycles. The van der Waals surface area contributed by atoms with Crippen LogP contribution in [0.25, 0.3) is 0 Å². The van der Waals surface area contributed by atoms with Crippen LogP contribution in [0.2, 0.25) is 0 Å². The molecule has 0 fully saturated rings. The van der Waals surface area contributed by atoms with Crippen LogP contribution in [0.5, 0.6) is 0 Å². The first kappa shape index (κ1) is 10.2. The molecule has 0 heterocycles. The number of nitrogens with two attached hydrogens (primary N) is 1. The summed E-state index contributed by atoms with van der Waals surface area (Å²) in [7, 11) is 0. The van der Waals surface area contributed by atoms with Crippen molar-refractivity contribution in [3.63, 3.8) is 0 Å². The Balaban J connectivity index is 3.63. The summed E-state index contributed by atoms with van der Waals surface area (Å²) in [6, 6.07) is -1.64. The minimum absolute atomic E-state index is 1.07. The van der Waals surface area contributed by atoms with Gasteiger partial charge in [-0.05, 0) is 0 Å². The van der Waals surface area contributed by atoms with Crippen molar-refractivity contribution >= 4 is 5.97 Å². The van der Waals surface area contributed by atoms with Crippen LogP contribution in [0.3, 0.4) is 0 Å². The fourth-order valence-corrected chi connectivity index (χ4v) is 0.256. The number of carboxylic acid groups (broad SMARTS) is 1. The molecule has 7 heteroatoms. The smallest absolute Gasteiger partial charge is 0.480 e. The van der Waals surface area contributed by atoms with E-state index in [-0.39, 0.29) is 0 Å². The average molecular weight is 173 g/mol. The monoisotopic (exact) mass is 173 g/mol. The van der Waals surface area contributed by atoms with E-state index in [1.807, 2.05) is 0 Å². The molecular weight excluding hydrogens is 167 g/mol. The van der Waals surface area contributed by atoms with Gasteiger partial charge in [0.1, 0.15) is 6.04 Å². The van der Waals surface area contributed by atoms with E-state index in [9.17, 15) is 18.0 Å². The number of rotatable bonds is 3. The maximum atomic E-state index is 11.2. The van der Waals surface area contributed by atoms with Crippen LogP contribution < -0.4 is 5.73 Å². The van der Waals surface area contributed by atoms with Crippen LogP contribution >= 0.6 is 0 Å². The molecule has 3 N–H and O–H groups in total. The van der Waals surface area contributed by atoms with E-state index in [4.69, 9.17) is 10.8 Å². The lowest BCUT2D eigenvalue weighted by atomic mass is 10.3. The maximum Gasteiger partial charge on any atom is 0.522 e. The molecule has 11 heavy (non-hydrogen) atoms. The number of carbonyl (C=O) groups is 1. The highest BCUT2D eigenvalue weighted by atomic mass is 19.4. The molecular formula is C4H6F3NO3. The van der Waals surface area contributed by atoms with E-state index < -0.39 is 25.0 Å². The lowest BCUT2D eigenvalue weighted by molar-refractivity contribution is -0.325. The Bertz CT molecular complexity index is 146. The summed E-state index contributed by atoms with van der Waals surface area (Å²) in [6.07, 6.45) is -4.83. The van der Waals surface area contributed by atoms with Gasteiger partial charge in [0.2, 0.25) is 0 Å². The largest absolute Gasteiger partial charge is 0.522 e. The Morgan fingerprint density at radius 1 is 1.64 bits per heavy atom. The van der Waals surface area contributed by atoms with Crippen LogP contribution in [0.1, 0.15) is 0 Å². The van der Waals surface area contributed by atoms with Crippen molar-refractivity contribution in [2.75, 3.05) is 6.61 Å². The summed E-state index contributed by atoms with van der Waals surface area (Å²) < 4.78 is 36.8. The number of hydrogen-bond acceptors (Lipinski definition) is 3. The molecule has 0 bridgehead atoms. The highest BCUT2D eigenvalue weighted by Gasteiger charge is 2.30. The molecule has 1 atom stereocenters. The van der Waals surface area contributed by atoms with Crippen LogP contribution in [0.4, 0.5) is 13.2 Å². The van der Waals surface area contributed by atoms with Crippen LogP contribution in [-0.2, 0) is 9.53 Å². The third-order valence-corrected chi connectivity index (χ3v) is 0.744. The summed E-state index contributed by atoms with van der Waals surface area (Å²) in [5, 5.41) is 8.01. The van der Waals surface area contributed by atoms with Crippen molar-refractivity contribution in [1.29, 1.82) is 0 Å². The zero-order chi connectivity index (χ0) is 9.07. The third kappa shape index (κ3) is 5.62. The summed E-state index contributed by atoms with van der Waals surface area (Å²) in [5.74, 6) is -1.53. The molecule has 0 amide bonds. The summed E-state index contributed by atoms with van der Waals surface area (Å²) in [4.78, 5) is 9.84. The van der Waals surface area contributed by atoms with Gasteiger partial charge < -0.3 is 10.8 Å². The molecule has 0 aromatic carbocycles. The van der Waals surface area contributed by atoms with E-state index in [0.717, 1.165) is 0 Å². The van der Waals surface area contributed by atoms with Gasteiger partial charge in [0.15, 0.2) is 0 Å². The molecule has 0 aromatic heterocycles. The maximum absolute atomic E-state index is 11.2. The summed E-state index contributed by atoms with van der Waals surface area (Å²) >= 11 is 0. The molecule has 0 spiro atoms. The van der Waals surface area contributed by atoms with Crippen LogP contribution in [0.15, 0.2) is 0 Å². The molecule has 66 valence electrons. The molecule has 0 aliphatic heterocycles. The number of alkyl halides is 3. The number of hydrogen-bond donors (Lipinski definition) is 2. The molecule has 0 radical (unpaired) electrons. The number of aliphatic carboxylic acids is 1. The van der Waals surface area contributed by atoms with Gasteiger partial charge in [-0.3, -0.25) is 9.53 Å². The van der Waals surface area contributed by atoms with Gasteiger partial charge in [0.05, 0.1) is 6.61 Å². The molecule has 0 aliphatic rings. The van der Waals surface area contributed by atoms with Gasteiger partial charge >= 0.3 is 12.3 Å². The Morgan fingerprint density at radius 2 is 2.09 bits per heavy atom. The average Bonchev–Trinajstić information content (AvgIpc) is 1.80. The highest BCUT2D eigenvalue weighted by Crippen LogP contribution is 2.15. The van der Waals surface area contributed by atoms with E-state index in [1.165, 1.54) is 0 Å². The third-order valence-electron chi connectivity index (χ3n) is 0.744. The van der Waals surface area contributed by atoms with Crippen molar-refractivity contribution in [3.05, 3.63) is 0 Å². The SMILES string of the molecule is NC(COC(F)(F)F)C(=O)O. The normalized spacial score (nSPS) is 14.5. The number of carboxylic acids is 1. The van der Waals surface area contributed by atoms with E-state index in [0.29, 0.717) is 0 Å². The first-order chi connectivity index (χ1) is 4.83. The lowest BCUT2D eigenvalue weighted by Gasteiger charge is -2.09. The van der Waals surface area contributed by atoms with Crippen LogP contribution in [-0.4, -0.2) is 30.1 Å². The topological polar surface area (TPSA) is 72.5 Å². The number of ether oxygens (including phenoxy) is 1. The van der Waals surface area contributed by atoms with Gasteiger partial charge in [-0.1, -0.05) is 0 Å². The fraction of sp³-hybridized carbons (Fsp3) is 0.750. The predicted octanol–water partition coefficient (Wildman–Crippen LogP) is -0.0653. The second-order valence-electron chi connectivity index (χ2n) is 1.70. The zero-order valence-corrected chi connectivity index (χ0v) is 5.26. The van der Waals surface area contributed by atoms with Crippen molar-refractivity contribution in [1.82, 2.24) is 0 Å². The second kappa shape index (κ2) is 3.54. The Hall–Kier alpha value is -0.820. The molecule has 0 aromatic rings. The Kier molecular flexibility index (Phi) is 3.27. The van der Waals surface area contributed by atoms with Crippen molar-refractivity contribution in [2.45, 2.75) is 12.4 Å². The van der Waals surface area contributed by atoms with Gasteiger partial charge in [0, 0.05) is 0 Å².